The lowest BCUT2D eigenvalue weighted by molar-refractivity contribution is -0.137. The van der Waals surface area contributed by atoms with Crippen LogP contribution in [0.2, 0.25) is 0 Å². The van der Waals surface area contributed by atoms with Crippen LogP contribution in [0.3, 0.4) is 0 Å². The molecule has 0 saturated heterocycles. The molecule has 59 heavy (non-hydrogen) atoms. The largest absolute Gasteiger partial charge is 0.417 e. The van der Waals surface area contributed by atoms with Crippen LogP contribution in [-0.4, -0.2) is 9.13 Å². The number of para-hydroxylation sites is 2. The zero-order valence-electron chi connectivity index (χ0n) is 34.3. The molecule has 0 atom stereocenters. The first kappa shape index (κ1) is 38.0. The highest BCUT2D eigenvalue weighted by Crippen LogP contribution is 2.45. The third kappa shape index (κ3) is 6.28. The first-order chi connectivity index (χ1) is 28.0. The van der Waals surface area contributed by atoms with E-state index < -0.39 is 11.7 Å². The summed E-state index contributed by atoms with van der Waals surface area (Å²) in [4.78, 5) is 0. The smallest absolute Gasteiger partial charge is 0.309 e. The van der Waals surface area contributed by atoms with Crippen LogP contribution in [0.15, 0.2) is 140 Å². The van der Waals surface area contributed by atoms with Crippen LogP contribution in [0.1, 0.15) is 69.4 Å². The Hall–Kier alpha value is -6.58. The molecule has 292 valence electrons. The van der Waals surface area contributed by atoms with Gasteiger partial charge < -0.3 is 9.13 Å². The summed E-state index contributed by atoms with van der Waals surface area (Å²) >= 11 is 0. The SMILES string of the molecule is Cc1cccc(C(F)(F)F)c1-c1ccc(-c2ccc(C#N)cc2-n2c3ccccc3c3cc(C(C)(C)C)ccc32)c(-n2c3ccccc3c3cc(C(C)(C)C)ccc32)c1. The molecule has 0 radical (unpaired) electrons. The number of aryl methyl sites for hydroxylation is 1. The molecule has 9 rings (SSSR count). The summed E-state index contributed by atoms with van der Waals surface area (Å²) in [7, 11) is 0. The van der Waals surface area contributed by atoms with E-state index in [9.17, 15) is 18.4 Å². The molecule has 9 aromatic rings. The van der Waals surface area contributed by atoms with Crippen LogP contribution in [0.25, 0.3) is 77.2 Å². The van der Waals surface area contributed by atoms with Crippen LogP contribution in [0.5, 0.6) is 0 Å². The molecule has 0 aliphatic rings. The highest BCUT2D eigenvalue weighted by Gasteiger charge is 2.34. The number of hydrogen-bond acceptors (Lipinski definition) is 1. The second kappa shape index (κ2) is 13.5. The van der Waals surface area contributed by atoms with Gasteiger partial charge in [0, 0.05) is 32.7 Å². The van der Waals surface area contributed by atoms with E-state index in [1.54, 1.807) is 13.0 Å². The van der Waals surface area contributed by atoms with Crippen LogP contribution in [-0.2, 0) is 17.0 Å². The van der Waals surface area contributed by atoms with E-state index in [-0.39, 0.29) is 16.4 Å². The molecule has 0 aliphatic heterocycles. The molecule has 0 aliphatic carbocycles. The van der Waals surface area contributed by atoms with Crippen molar-refractivity contribution in [2.75, 3.05) is 0 Å². The van der Waals surface area contributed by atoms with Crippen LogP contribution in [0, 0.1) is 18.3 Å². The summed E-state index contributed by atoms with van der Waals surface area (Å²) in [6.45, 7) is 14.9. The van der Waals surface area contributed by atoms with Crippen molar-refractivity contribution < 1.29 is 13.2 Å². The molecule has 0 saturated carbocycles. The van der Waals surface area contributed by atoms with Gasteiger partial charge in [0.1, 0.15) is 0 Å². The third-order valence-corrected chi connectivity index (χ3v) is 11.8. The molecule has 0 amide bonds. The van der Waals surface area contributed by atoms with Crippen molar-refractivity contribution in [1.82, 2.24) is 9.13 Å². The number of halogens is 3. The lowest BCUT2D eigenvalue weighted by Crippen LogP contribution is -2.10. The van der Waals surface area contributed by atoms with Gasteiger partial charge in [-0.05, 0) is 106 Å². The Kier molecular flexibility index (Phi) is 8.68. The zero-order valence-corrected chi connectivity index (χ0v) is 34.3. The van der Waals surface area contributed by atoms with Gasteiger partial charge in [-0.2, -0.15) is 18.4 Å². The number of alkyl halides is 3. The number of hydrogen-bond donors (Lipinski definition) is 0. The standard InChI is InChI=1S/C53H44F3N3/c1-32-13-12-16-43(53(54,55)56)50(32)34-20-24-40(49(28-34)59-45-18-11-9-15-38(45)42-30-36(52(5,6)7)22-26-47(42)59)39-23-19-33(31-57)27-48(39)58-44-17-10-8-14-37(44)41-29-35(51(2,3)4)21-25-46(41)58/h8-30H,1-7H3. The molecule has 6 heteroatoms. The fourth-order valence-electron chi connectivity index (χ4n) is 8.80. The number of rotatable bonds is 4. The fourth-order valence-corrected chi connectivity index (χ4v) is 8.80. The summed E-state index contributed by atoms with van der Waals surface area (Å²) in [5, 5.41) is 14.6. The first-order valence-electron chi connectivity index (χ1n) is 20.0. The topological polar surface area (TPSA) is 33.6 Å². The summed E-state index contributed by atoms with van der Waals surface area (Å²) in [5.74, 6) is 0. The average Bonchev–Trinajstić information content (AvgIpc) is 3.71. The van der Waals surface area contributed by atoms with Gasteiger partial charge in [0.15, 0.2) is 0 Å². The quantitative estimate of drug-likeness (QED) is 0.175. The lowest BCUT2D eigenvalue weighted by Gasteiger charge is -2.22. The Bertz CT molecular complexity index is 3190. The van der Waals surface area contributed by atoms with Crippen LogP contribution in [0.4, 0.5) is 13.2 Å². The van der Waals surface area contributed by atoms with E-state index in [0.29, 0.717) is 16.7 Å². The number of aromatic nitrogens is 2. The van der Waals surface area contributed by atoms with Crippen molar-refractivity contribution >= 4 is 43.6 Å². The normalized spacial score (nSPS) is 12.6. The monoisotopic (exact) mass is 779 g/mol. The zero-order chi connectivity index (χ0) is 41.6. The second-order valence-electron chi connectivity index (χ2n) is 17.7. The Morgan fingerprint density at radius 2 is 0.983 bits per heavy atom. The molecule has 2 aromatic heterocycles. The predicted octanol–water partition coefficient (Wildman–Crippen LogP) is 15.0. The van der Waals surface area contributed by atoms with Crippen molar-refractivity contribution in [2.24, 2.45) is 0 Å². The molecule has 0 bridgehead atoms. The molecule has 0 spiro atoms. The van der Waals surface area contributed by atoms with Gasteiger partial charge >= 0.3 is 6.18 Å². The van der Waals surface area contributed by atoms with Crippen molar-refractivity contribution in [3.63, 3.8) is 0 Å². The summed E-state index contributed by atoms with van der Waals surface area (Å²) < 4.78 is 48.8. The molecule has 7 aromatic carbocycles. The minimum absolute atomic E-state index is 0.0705. The third-order valence-electron chi connectivity index (χ3n) is 11.8. The summed E-state index contributed by atoms with van der Waals surface area (Å²) in [6, 6.07) is 47.9. The maximum absolute atomic E-state index is 14.8. The van der Waals surface area contributed by atoms with E-state index in [0.717, 1.165) is 72.2 Å². The van der Waals surface area contributed by atoms with E-state index in [1.807, 2.05) is 60.7 Å². The first-order valence-corrected chi connectivity index (χ1v) is 20.0. The minimum Gasteiger partial charge on any atom is -0.309 e. The van der Waals surface area contributed by atoms with E-state index in [4.69, 9.17) is 0 Å². The van der Waals surface area contributed by atoms with Crippen molar-refractivity contribution in [3.8, 4) is 39.7 Å². The van der Waals surface area contributed by atoms with Gasteiger partial charge in [0.2, 0.25) is 0 Å². The highest BCUT2D eigenvalue weighted by atomic mass is 19.4. The van der Waals surface area contributed by atoms with Gasteiger partial charge in [-0.1, -0.05) is 120 Å². The second-order valence-corrected chi connectivity index (χ2v) is 17.7. The fraction of sp³-hybridized carbons (Fsp3) is 0.189. The molecule has 0 N–H and O–H groups in total. The van der Waals surface area contributed by atoms with E-state index in [1.165, 1.54) is 17.2 Å². The molecule has 2 heterocycles. The molecule has 0 unspecified atom stereocenters. The average molecular weight is 780 g/mol. The Morgan fingerprint density at radius 1 is 0.492 bits per heavy atom. The van der Waals surface area contributed by atoms with Crippen molar-refractivity contribution in [1.29, 1.82) is 5.26 Å². The highest BCUT2D eigenvalue weighted by molar-refractivity contribution is 6.12. The number of nitriles is 1. The Balaban J connectivity index is 1.42. The van der Waals surface area contributed by atoms with Crippen molar-refractivity contribution in [3.05, 3.63) is 167 Å². The molecule has 0 fully saturated rings. The van der Waals surface area contributed by atoms with Crippen LogP contribution >= 0.6 is 0 Å². The molecular weight excluding hydrogens is 736 g/mol. The van der Waals surface area contributed by atoms with Gasteiger partial charge in [0.25, 0.3) is 0 Å². The van der Waals surface area contributed by atoms with Gasteiger partial charge in [-0.3, -0.25) is 0 Å². The predicted molar refractivity (Wildman–Crippen MR) is 238 cm³/mol. The molecular formula is C53H44F3N3. The number of nitrogens with zero attached hydrogens (tertiary/aromatic N) is 3. The maximum atomic E-state index is 14.8. The lowest BCUT2D eigenvalue weighted by atomic mass is 9.86. The Morgan fingerprint density at radius 3 is 1.49 bits per heavy atom. The molecule has 3 nitrogen and oxygen atoms in total. The van der Waals surface area contributed by atoms with E-state index >= 15 is 0 Å². The van der Waals surface area contributed by atoms with Crippen LogP contribution < -0.4 is 0 Å². The van der Waals surface area contributed by atoms with Crippen molar-refractivity contribution in [2.45, 2.75) is 65.5 Å². The number of benzene rings is 7. The van der Waals surface area contributed by atoms with E-state index in [2.05, 4.69) is 117 Å². The minimum atomic E-state index is -4.56. The summed E-state index contributed by atoms with van der Waals surface area (Å²) in [6.07, 6.45) is -4.56. The maximum Gasteiger partial charge on any atom is 0.417 e. The number of fused-ring (bicyclic) bond motifs is 6. The van der Waals surface area contributed by atoms with Gasteiger partial charge in [-0.25, -0.2) is 0 Å². The summed E-state index contributed by atoms with van der Waals surface area (Å²) in [5.41, 5.74) is 10.3. The Labute approximate surface area is 342 Å². The van der Waals surface area contributed by atoms with Gasteiger partial charge in [0.05, 0.1) is 50.6 Å². The van der Waals surface area contributed by atoms with Gasteiger partial charge in [-0.15, -0.1) is 0 Å².